The van der Waals surface area contributed by atoms with Gasteiger partial charge in [0.15, 0.2) is 0 Å². The molecule has 0 saturated heterocycles. The van der Waals surface area contributed by atoms with Crippen molar-refractivity contribution in [3.05, 3.63) is 30.6 Å². The van der Waals surface area contributed by atoms with Crippen LogP contribution in [-0.2, 0) is 6.54 Å². The lowest BCUT2D eigenvalue weighted by atomic mass is 10.2. The van der Waals surface area contributed by atoms with Gasteiger partial charge in [0.05, 0.1) is 12.8 Å². The molecule has 0 bridgehead atoms. The Kier molecular flexibility index (Phi) is 2.67. The van der Waals surface area contributed by atoms with Crippen LogP contribution in [0.15, 0.2) is 30.6 Å². The van der Waals surface area contributed by atoms with Crippen LogP contribution in [0, 0.1) is 0 Å². The monoisotopic (exact) mass is 203 g/mol. The van der Waals surface area contributed by atoms with Gasteiger partial charge in [-0.1, -0.05) is 0 Å². The third-order valence-corrected chi connectivity index (χ3v) is 2.21. The third kappa shape index (κ3) is 1.98. The van der Waals surface area contributed by atoms with Crippen molar-refractivity contribution in [2.75, 3.05) is 7.11 Å². The molecule has 0 spiro atoms. The van der Waals surface area contributed by atoms with E-state index in [1.165, 1.54) is 0 Å². The lowest BCUT2D eigenvalue weighted by Crippen LogP contribution is -1.94. The van der Waals surface area contributed by atoms with Gasteiger partial charge < -0.3 is 4.74 Å². The summed E-state index contributed by atoms with van der Waals surface area (Å²) in [5.74, 6) is 0.619. The molecule has 0 atom stereocenters. The number of ether oxygens (including phenoxy) is 1. The van der Waals surface area contributed by atoms with E-state index in [0.29, 0.717) is 5.88 Å². The fourth-order valence-corrected chi connectivity index (χ4v) is 1.34. The summed E-state index contributed by atoms with van der Waals surface area (Å²) in [5, 5.41) is 4.39. The van der Waals surface area contributed by atoms with Gasteiger partial charge in [0.25, 0.3) is 0 Å². The van der Waals surface area contributed by atoms with Crippen LogP contribution in [0.5, 0.6) is 5.88 Å². The molecule has 0 N–H and O–H groups in total. The van der Waals surface area contributed by atoms with Crippen LogP contribution in [0.1, 0.15) is 6.92 Å². The maximum atomic E-state index is 4.99. The second kappa shape index (κ2) is 4.13. The second-order valence-electron chi connectivity index (χ2n) is 3.15. The van der Waals surface area contributed by atoms with Gasteiger partial charge in [-0.2, -0.15) is 5.10 Å². The molecule has 78 valence electrons. The Morgan fingerprint density at radius 1 is 1.33 bits per heavy atom. The van der Waals surface area contributed by atoms with Crippen molar-refractivity contribution in [3.63, 3.8) is 0 Å². The summed E-state index contributed by atoms with van der Waals surface area (Å²) in [6.07, 6.45) is 3.72. The average molecular weight is 203 g/mol. The number of hydrogen-bond acceptors (Lipinski definition) is 3. The van der Waals surface area contributed by atoms with Crippen LogP contribution in [0.2, 0.25) is 0 Å². The van der Waals surface area contributed by atoms with Crippen molar-refractivity contribution in [1.82, 2.24) is 14.8 Å². The van der Waals surface area contributed by atoms with E-state index in [0.717, 1.165) is 17.8 Å². The molecule has 4 nitrogen and oxygen atoms in total. The van der Waals surface area contributed by atoms with Gasteiger partial charge in [0, 0.05) is 30.6 Å². The summed E-state index contributed by atoms with van der Waals surface area (Å²) >= 11 is 0. The van der Waals surface area contributed by atoms with Crippen molar-refractivity contribution < 1.29 is 4.74 Å². The highest BCUT2D eigenvalue weighted by atomic mass is 16.5. The lowest BCUT2D eigenvalue weighted by Gasteiger charge is -1.99. The van der Waals surface area contributed by atoms with E-state index < -0.39 is 0 Å². The van der Waals surface area contributed by atoms with Crippen LogP contribution in [-0.4, -0.2) is 21.9 Å². The number of nitrogens with zero attached hydrogens (tertiary/aromatic N) is 3. The van der Waals surface area contributed by atoms with Crippen molar-refractivity contribution in [1.29, 1.82) is 0 Å². The molecule has 2 rings (SSSR count). The predicted octanol–water partition coefficient (Wildman–Crippen LogP) is 1.97. The number of pyridine rings is 1. The molecule has 2 aromatic heterocycles. The molecule has 0 amide bonds. The zero-order valence-corrected chi connectivity index (χ0v) is 8.84. The molecule has 2 aromatic rings. The van der Waals surface area contributed by atoms with Gasteiger partial charge in [-0.15, -0.1) is 0 Å². The van der Waals surface area contributed by atoms with E-state index in [1.807, 2.05) is 29.1 Å². The first kappa shape index (κ1) is 9.71. The SMILES string of the molecule is CCn1ccc(-c2ccc(OC)nc2)n1. The average Bonchev–Trinajstić information content (AvgIpc) is 2.78. The number of aryl methyl sites for hydroxylation is 1. The highest BCUT2D eigenvalue weighted by molar-refractivity contribution is 5.57. The van der Waals surface area contributed by atoms with E-state index >= 15 is 0 Å². The maximum absolute atomic E-state index is 4.99. The Hall–Kier alpha value is -1.84. The van der Waals surface area contributed by atoms with Gasteiger partial charge in [0.1, 0.15) is 0 Å². The topological polar surface area (TPSA) is 39.9 Å². The van der Waals surface area contributed by atoms with Gasteiger partial charge in [-0.3, -0.25) is 4.68 Å². The number of rotatable bonds is 3. The van der Waals surface area contributed by atoms with Crippen molar-refractivity contribution in [3.8, 4) is 17.1 Å². The molecule has 15 heavy (non-hydrogen) atoms. The van der Waals surface area contributed by atoms with Crippen LogP contribution < -0.4 is 4.74 Å². The van der Waals surface area contributed by atoms with Crippen molar-refractivity contribution in [2.45, 2.75) is 13.5 Å². The summed E-state index contributed by atoms with van der Waals surface area (Å²) in [6, 6.07) is 5.77. The number of methoxy groups -OCH3 is 1. The summed E-state index contributed by atoms with van der Waals surface area (Å²) < 4.78 is 6.88. The minimum Gasteiger partial charge on any atom is -0.481 e. The molecule has 0 aliphatic rings. The first-order valence-electron chi connectivity index (χ1n) is 4.87. The molecule has 0 radical (unpaired) electrons. The standard InChI is InChI=1S/C11H13N3O/c1-3-14-7-6-10(13-14)9-4-5-11(15-2)12-8-9/h4-8H,3H2,1-2H3. The van der Waals surface area contributed by atoms with E-state index in [9.17, 15) is 0 Å². The zero-order valence-electron chi connectivity index (χ0n) is 8.84. The molecule has 0 aliphatic carbocycles. The Labute approximate surface area is 88.5 Å². The van der Waals surface area contributed by atoms with Crippen LogP contribution >= 0.6 is 0 Å². The highest BCUT2D eigenvalue weighted by Crippen LogP contribution is 2.17. The summed E-state index contributed by atoms with van der Waals surface area (Å²) in [6.45, 7) is 2.94. The fourth-order valence-electron chi connectivity index (χ4n) is 1.34. The molecule has 0 unspecified atom stereocenters. The molecular weight excluding hydrogens is 190 g/mol. The Morgan fingerprint density at radius 3 is 2.73 bits per heavy atom. The number of hydrogen-bond donors (Lipinski definition) is 0. The Balaban J connectivity index is 2.28. The lowest BCUT2D eigenvalue weighted by molar-refractivity contribution is 0.398. The van der Waals surface area contributed by atoms with Crippen molar-refractivity contribution in [2.24, 2.45) is 0 Å². The molecule has 2 heterocycles. The Morgan fingerprint density at radius 2 is 2.20 bits per heavy atom. The third-order valence-electron chi connectivity index (χ3n) is 2.21. The zero-order chi connectivity index (χ0) is 10.7. The van der Waals surface area contributed by atoms with Gasteiger partial charge in [-0.05, 0) is 19.1 Å². The van der Waals surface area contributed by atoms with E-state index in [-0.39, 0.29) is 0 Å². The first-order valence-corrected chi connectivity index (χ1v) is 4.87. The van der Waals surface area contributed by atoms with E-state index in [1.54, 1.807) is 13.3 Å². The van der Waals surface area contributed by atoms with Gasteiger partial charge in [0.2, 0.25) is 5.88 Å². The normalized spacial score (nSPS) is 10.3. The Bertz CT molecular complexity index is 433. The van der Waals surface area contributed by atoms with Crippen molar-refractivity contribution >= 4 is 0 Å². The second-order valence-corrected chi connectivity index (χ2v) is 3.15. The van der Waals surface area contributed by atoms with Crippen LogP contribution in [0.3, 0.4) is 0 Å². The minimum absolute atomic E-state index is 0.619. The maximum Gasteiger partial charge on any atom is 0.212 e. The molecule has 0 saturated carbocycles. The molecule has 0 aliphatic heterocycles. The first-order chi connectivity index (χ1) is 7.33. The van der Waals surface area contributed by atoms with E-state index in [4.69, 9.17) is 4.74 Å². The molecule has 0 aromatic carbocycles. The molecule has 0 fully saturated rings. The highest BCUT2D eigenvalue weighted by Gasteiger charge is 2.02. The van der Waals surface area contributed by atoms with Gasteiger partial charge in [-0.25, -0.2) is 4.98 Å². The fraction of sp³-hybridized carbons (Fsp3) is 0.273. The van der Waals surface area contributed by atoms with Gasteiger partial charge >= 0.3 is 0 Å². The number of aromatic nitrogens is 3. The largest absolute Gasteiger partial charge is 0.481 e. The van der Waals surface area contributed by atoms with Crippen LogP contribution in [0.25, 0.3) is 11.3 Å². The minimum atomic E-state index is 0.619. The summed E-state index contributed by atoms with van der Waals surface area (Å²) in [5.41, 5.74) is 1.94. The quantitative estimate of drug-likeness (QED) is 0.765. The smallest absolute Gasteiger partial charge is 0.212 e. The molecular formula is C11H13N3O. The van der Waals surface area contributed by atoms with E-state index in [2.05, 4.69) is 17.0 Å². The summed E-state index contributed by atoms with van der Waals surface area (Å²) in [4.78, 5) is 4.14. The predicted molar refractivity (Wildman–Crippen MR) is 57.7 cm³/mol. The molecule has 4 heteroatoms. The van der Waals surface area contributed by atoms with Crippen LogP contribution in [0.4, 0.5) is 0 Å². The summed E-state index contributed by atoms with van der Waals surface area (Å²) in [7, 11) is 1.60.